The molecule has 0 aliphatic rings. The molecule has 0 bridgehead atoms. The fourth-order valence-corrected chi connectivity index (χ4v) is 3.56. The molecule has 2 aromatic rings. The predicted molar refractivity (Wildman–Crippen MR) is 98.5 cm³/mol. The Bertz CT molecular complexity index is 900. The highest BCUT2D eigenvalue weighted by atomic mass is 35.5. The second kappa shape index (κ2) is 8.59. The molecule has 0 fully saturated rings. The van der Waals surface area contributed by atoms with Crippen molar-refractivity contribution in [3.8, 4) is 0 Å². The molecule has 0 saturated heterocycles. The van der Waals surface area contributed by atoms with Crippen molar-refractivity contribution in [3.63, 3.8) is 0 Å². The Morgan fingerprint density at radius 2 is 1.85 bits per heavy atom. The third kappa shape index (κ3) is 5.25. The molecule has 0 radical (unpaired) electrons. The minimum Gasteiger partial charge on any atom is -0.374 e. The van der Waals surface area contributed by atoms with Gasteiger partial charge in [-0.2, -0.15) is 0 Å². The van der Waals surface area contributed by atoms with E-state index in [4.69, 9.17) is 16.3 Å². The third-order valence-corrected chi connectivity index (χ3v) is 5.23. The number of benzene rings is 2. The molecule has 0 aliphatic heterocycles. The van der Waals surface area contributed by atoms with E-state index in [1.807, 2.05) is 26.0 Å². The number of rotatable bonds is 8. The first-order valence-electron chi connectivity index (χ1n) is 7.82. The molecule has 0 aromatic heterocycles. The Labute approximate surface area is 157 Å². The average Bonchev–Trinajstić information content (AvgIpc) is 2.58. The third-order valence-electron chi connectivity index (χ3n) is 3.55. The molecule has 0 amide bonds. The molecule has 0 aliphatic carbocycles. The molecule has 2 aromatic carbocycles. The number of nitrogens with one attached hydrogen (secondary N) is 1. The summed E-state index contributed by atoms with van der Waals surface area (Å²) in [4.78, 5) is 9.94. The van der Waals surface area contributed by atoms with Crippen molar-refractivity contribution in [2.75, 3.05) is 0 Å². The van der Waals surface area contributed by atoms with E-state index in [1.165, 1.54) is 6.07 Å². The maximum absolute atomic E-state index is 12.5. The number of hydrogen-bond acceptors (Lipinski definition) is 5. The lowest BCUT2D eigenvalue weighted by Crippen LogP contribution is -2.24. The van der Waals surface area contributed by atoms with Crippen LogP contribution >= 0.6 is 11.6 Å². The smallest absolute Gasteiger partial charge is 0.290 e. The maximum atomic E-state index is 12.5. The first-order valence-corrected chi connectivity index (χ1v) is 9.69. The van der Waals surface area contributed by atoms with Crippen LogP contribution in [0.4, 0.5) is 5.69 Å². The summed E-state index contributed by atoms with van der Waals surface area (Å²) in [5.41, 5.74) is 1.00. The van der Waals surface area contributed by atoms with Gasteiger partial charge < -0.3 is 4.74 Å². The van der Waals surface area contributed by atoms with Crippen LogP contribution in [0.25, 0.3) is 0 Å². The number of halogens is 1. The normalized spacial score (nSPS) is 11.7. The monoisotopic (exact) mass is 398 g/mol. The SMILES string of the molecule is CC(C)OCc1ccccc1CNS(=O)(=O)c1ccc(Cl)cc1[N+](=O)[O-]. The molecule has 140 valence electrons. The molecular weight excluding hydrogens is 380 g/mol. The lowest BCUT2D eigenvalue weighted by Gasteiger charge is -2.13. The van der Waals surface area contributed by atoms with E-state index in [0.29, 0.717) is 6.61 Å². The fourth-order valence-electron chi connectivity index (χ4n) is 2.24. The van der Waals surface area contributed by atoms with Crippen molar-refractivity contribution in [2.45, 2.75) is 38.0 Å². The van der Waals surface area contributed by atoms with Gasteiger partial charge in [0.1, 0.15) is 0 Å². The topological polar surface area (TPSA) is 98.5 Å². The van der Waals surface area contributed by atoms with Gasteiger partial charge in [-0.05, 0) is 37.1 Å². The van der Waals surface area contributed by atoms with Gasteiger partial charge in [0.05, 0.1) is 17.6 Å². The second-order valence-corrected chi connectivity index (χ2v) is 7.99. The van der Waals surface area contributed by atoms with Gasteiger partial charge in [0.2, 0.25) is 10.0 Å². The van der Waals surface area contributed by atoms with Gasteiger partial charge in [0.25, 0.3) is 5.69 Å². The quantitative estimate of drug-likeness (QED) is 0.540. The number of nitro groups is 1. The lowest BCUT2D eigenvalue weighted by molar-refractivity contribution is -0.387. The minimum absolute atomic E-state index is 0.0141. The van der Waals surface area contributed by atoms with Crippen LogP contribution in [0.2, 0.25) is 5.02 Å². The van der Waals surface area contributed by atoms with Crippen molar-refractivity contribution < 1.29 is 18.1 Å². The van der Waals surface area contributed by atoms with Crippen molar-refractivity contribution in [3.05, 3.63) is 68.7 Å². The number of hydrogen-bond donors (Lipinski definition) is 1. The highest BCUT2D eigenvalue weighted by molar-refractivity contribution is 7.89. The zero-order valence-electron chi connectivity index (χ0n) is 14.3. The van der Waals surface area contributed by atoms with Crippen LogP contribution in [-0.2, 0) is 27.9 Å². The highest BCUT2D eigenvalue weighted by Gasteiger charge is 2.26. The molecule has 0 unspecified atom stereocenters. The molecule has 7 nitrogen and oxygen atoms in total. The van der Waals surface area contributed by atoms with E-state index in [-0.39, 0.29) is 17.7 Å². The Morgan fingerprint density at radius 1 is 1.19 bits per heavy atom. The summed E-state index contributed by atoms with van der Waals surface area (Å²) in [6.07, 6.45) is 0.0384. The molecule has 0 atom stereocenters. The molecular formula is C17H19ClN2O5S. The van der Waals surface area contributed by atoms with E-state index in [0.717, 1.165) is 23.3 Å². The average molecular weight is 399 g/mol. The van der Waals surface area contributed by atoms with Gasteiger partial charge in [0.15, 0.2) is 4.90 Å². The van der Waals surface area contributed by atoms with Crippen LogP contribution in [-0.4, -0.2) is 19.4 Å². The molecule has 0 saturated carbocycles. The Hall–Kier alpha value is -2.00. The summed E-state index contributed by atoms with van der Waals surface area (Å²) >= 11 is 5.73. The Morgan fingerprint density at radius 3 is 2.46 bits per heavy atom. The molecule has 0 heterocycles. The van der Waals surface area contributed by atoms with Crippen molar-refractivity contribution >= 4 is 27.3 Å². The number of sulfonamides is 1. The van der Waals surface area contributed by atoms with Crippen LogP contribution in [0.1, 0.15) is 25.0 Å². The summed E-state index contributed by atoms with van der Waals surface area (Å²) in [5.74, 6) is 0. The van der Waals surface area contributed by atoms with Crippen LogP contribution in [0.5, 0.6) is 0 Å². The van der Waals surface area contributed by atoms with E-state index in [1.54, 1.807) is 12.1 Å². The van der Waals surface area contributed by atoms with Crippen LogP contribution < -0.4 is 4.72 Å². The van der Waals surface area contributed by atoms with Gasteiger partial charge in [-0.1, -0.05) is 35.9 Å². The standard InChI is InChI=1S/C17H19ClN2O5S/c1-12(2)25-11-14-6-4-3-5-13(14)10-19-26(23,24)17-8-7-15(18)9-16(17)20(21)22/h3-9,12,19H,10-11H2,1-2H3. The zero-order chi connectivity index (χ0) is 19.3. The van der Waals surface area contributed by atoms with E-state index < -0.39 is 25.5 Å². The van der Waals surface area contributed by atoms with Gasteiger partial charge in [-0.3, -0.25) is 10.1 Å². The largest absolute Gasteiger partial charge is 0.374 e. The number of nitro benzene ring substituents is 1. The van der Waals surface area contributed by atoms with Crippen molar-refractivity contribution in [2.24, 2.45) is 0 Å². The van der Waals surface area contributed by atoms with Crippen LogP contribution in [0.3, 0.4) is 0 Å². The van der Waals surface area contributed by atoms with E-state index in [9.17, 15) is 18.5 Å². The maximum Gasteiger partial charge on any atom is 0.290 e. The van der Waals surface area contributed by atoms with E-state index >= 15 is 0 Å². The molecule has 2 rings (SSSR count). The summed E-state index contributed by atoms with van der Waals surface area (Å²) in [6.45, 7) is 4.15. The first kappa shape index (κ1) is 20.3. The summed E-state index contributed by atoms with van der Waals surface area (Å²) < 4.78 is 33.0. The summed E-state index contributed by atoms with van der Waals surface area (Å²) in [7, 11) is -4.09. The second-order valence-electron chi connectivity index (χ2n) is 5.82. The van der Waals surface area contributed by atoms with Crippen molar-refractivity contribution in [1.82, 2.24) is 4.72 Å². The zero-order valence-corrected chi connectivity index (χ0v) is 15.9. The van der Waals surface area contributed by atoms with Crippen LogP contribution in [0, 0.1) is 10.1 Å². The Balaban J connectivity index is 2.23. The van der Waals surface area contributed by atoms with Gasteiger partial charge in [-0.25, -0.2) is 13.1 Å². The predicted octanol–water partition coefficient (Wildman–Crippen LogP) is 3.65. The van der Waals surface area contributed by atoms with Gasteiger partial charge in [0, 0.05) is 17.6 Å². The van der Waals surface area contributed by atoms with Gasteiger partial charge >= 0.3 is 0 Å². The number of ether oxygens (including phenoxy) is 1. The first-order chi connectivity index (χ1) is 12.2. The van der Waals surface area contributed by atoms with Crippen LogP contribution in [0.15, 0.2) is 47.4 Å². The summed E-state index contributed by atoms with van der Waals surface area (Å²) in [5, 5.41) is 11.2. The molecule has 26 heavy (non-hydrogen) atoms. The van der Waals surface area contributed by atoms with Gasteiger partial charge in [-0.15, -0.1) is 0 Å². The number of nitrogens with zero attached hydrogens (tertiary/aromatic N) is 1. The molecule has 1 N–H and O–H groups in total. The molecule has 9 heteroatoms. The molecule has 0 spiro atoms. The minimum atomic E-state index is -4.09. The highest BCUT2D eigenvalue weighted by Crippen LogP contribution is 2.27. The van der Waals surface area contributed by atoms with Crippen molar-refractivity contribution in [1.29, 1.82) is 0 Å². The fraction of sp³-hybridized carbons (Fsp3) is 0.294. The Kier molecular flexibility index (Phi) is 6.71. The lowest BCUT2D eigenvalue weighted by atomic mass is 10.1. The van der Waals surface area contributed by atoms with E-state index in [2.05, 4.69) is 4.72 Å². The summed E-state index contributed by atoms with van der Waals surface area (Å²) in [6, 6.07) is 10.7.